The van der Waals surface area contributed by atoms with Gasteiger partial charge in [-0.25, -0.2) is 0 Å². The van der Waals surface area contributed by atoms with E-state index in [4.69, 9.17) is 4.74 Å². The average Bonchev–Trinajstić information content (AvgIpc) is 3.03. The molecule has 2 aliphatic heterocycles. The molecule has 4 nitrogen and oxygen atoms in total. The molecule has 0 bridgehead atoms. The third-order valence-corrected chi connectivity index (χ3v) is 5.65. The van der Waals surface area contributed by atoms with E-state index in [0.717, 1.165) is 44.8 Å². The predicted molar refractivity (Wildman–Crippen MR) is 104 cm³/mol. The number of rotatable bonds is 4. The highest BCUT2D eigenvalue weighted by atomic mass is 35.5. The van der Waals surface area contributed by atoms with E-state index in [1.54, 1.807) is 0 Å². The number of carbonyl (C=O) groups excluding carboxylic acids is 1. The van der Waals surface area contributed by atoms with Gasteiger partial charge in [0.15, 0.2) is 6.10 Å². The summed E-state index contributed by atoms with van der Waals surface area (Å²) >= 11 is 0. The normalized spacial score (nSPS) is 20.4. The number of amides is 1. The van der Waals surface area contributed by atoms with Crippen molar-refractivity contribution in [2.75, 3.05) is 26.2 Å². The lowest BCUT2D eigenvalue weighted by Crippen LogP contribution is -2.48. The molecule has 1 spiro atoms. The van der Waals surface area contributed by atoms with Crippen molar-refractivity contribution in [2.45, 2.75) is 52.1 Å². The molecule has 3 rings (SSSR count). The molecule has 1 amide bonds. The van der Waals surface area contributed by atoms with Crippen LogP contribution in [0.4, 0.5) is 0 Å². The zero-order valence-electron chi connectivity index (χ0n) is 15.6. The van der Waals surface area contributed by atoms with E-state index >= 15 is 0 Å². The van der Waals surface area contributed by atoms with E-state index in [-0.39, 0.29) is 18.3 Å². The van der Waals surface area contributed by atoms with E-state index in [2.05, 4.69) is 25.2 Å². The molecule has 1 aromatic carbocycles. The lowest BCUT2D eigenvalue weighted by Gasteiger charge is -2.39. The molecule has 2 fully saturated rings. The molecule has 0 radical (unpaired) electrons. The van der Waals surface area contributed by atoms with E-state index in [1.165, 1.54) is 12.0 Å². The Hall–Kier alpha value is -1.26. The van der Waals surface area contributed by atoms with Gasteiger partial charge in [0.2, 0.25) is 0 Å². The van der Waals surface area contributed by atoms with E-state index in [0.29, 0.717) is 11.3 Å². The van der Waals surface area contributed by atoms with Gasteiger partial charge in [-0.3, -0.25) is 4.79 Å². The number of ether oxygens (including phenoxy) is 1. The molecule has 1 aromatic rings. The van der Waals surface area contributed by atoms with Crippen LogP contribution >= 0.6 is 12.4 Å². The first-order valence-electron chi connectivity index (χ1n) is 9.25. The second-order valence-electron chi connectivity index (χ2n) is 7.74. The summed E-state index contributed by atoms with van der Waals surface area (Å²) in [4.78, 5) is 14.7. The molecule has 0 aliphatic carbocycles. The van der Waals surface area contributed by atoms with E-state index in [1.807, 2.05) is 30.0 Å². The molecule has 2 aliphatic rings. The summed E-state index contributed by atoms with van der Waals surface area (Å²) in [5.41, 5.74) is 1.67. The maximum Gasteiger partial charge on any atom is 0.263 e. The van der Waals surface area contributed by atoms with Crippen molar-refractivity contribution < 1.29 is 9.53 Å². The Labute approximate surface area is 157 Å². The largest absolute Gasteiger partial charge is 0.481 e. The number of hydrogen-bond acceptors (Lipinski definition) is 3. The maximum atomic E-state index is 12.7. The molecule has 1 N–H and O–H groups in total. The highest BCUT2D eigenvalue weighted by Crippen LogP contribution is 2.37. The Balaban J connectivity index is 0.00000225. The lowest BCUT2D eigenvalue weighted by molar-refractivity contribution is -0.140. The number of nitrogens with one attached hydrogen (secondary N) is 1. The number of halogens is 1. The molecular weight excluding hydrogens is 336 g/mol. The third-order valence-electron chi connectivity index (χ3n) is 5.65. The number of carbonyl (C=O) groups is 1. The Morgan fingerprint density at radius 2 is 1.92 bits per heavy atom. The van der Waals surface area contributed by atoms with Crippen molar-refractivity contribution in [3.8, 4) is 5.75 Å². The van der Waals surface area contributed by atoms with Gasteiger partial charge >= 0.3 is 0 Å². The SMILES string of the molecule is CC(Oc1cccc(C(C)C)c1)C(=O)N1CCC2(CCNC2)CC1.Cl. The number of benzene rings is 1. The van der Waals surface area contributed by atoms with Gasteiger partial charge in [0, 0.05) is 19.6 Å². The van der Waals surface area contributed by atoms with Crippen LogP contribution < -0.4 is 10.1 Å². The first-order chi connectivity index (χ1) is 11.5. The Kier molecular flexibility index (Phi) is 6.75. The summed E-state index contributed by atoms with van der Waals surface area (Å²) in [6.45, 7) is 10.2. The minimum Gasteiger partial charge on any atom is -0.481 e. The van der Waals surface area contributed by atoms with Crippen LogP contribution in [0.25, 0.3) is 0 Å². The predicted octanol–water partition coefficient (Wildman–Crippen LogP) is 3.60. The van der Waals surface area contributed by atoms with Crippen molar-refractivity contribution in [1.29, 1.82) is 0 Å². The van der Waals surface area contributed by atoms with E-state index < -0.39 is 6.10 Å². The molecule has 25 heavy (non-hydrogen) atoms. The Morgan fingerprint density at radius 3 is 2.52 bits per heavy atom. The molecule has 1 atom stereocenters. The van der Waals surface area contributed by atoms with Gasteiger partial charge in [-0.1, -0.05) is 26.0 Å². The standard InChI is InChI=1S/C20H30N2O2.ClH/c1-15(2)17-5-4-6-18(13-17)24-16(3)19(23)22-11-8-20(9-12-22)7-10-21-14-20;/h4-6,13,15-16,21H,7-12,14H2,1-3H3;1H. The fraction of sp³-hybridized carbons (Fsp3) is 0.650. The van der Waals surface area contributed by atoms with Crippen LogP contribution in [0.2, 0.25) is 0 Å². The van der Waals surface area contributed by atoms with Crippen molar-refractivity contribution in [1.82, 2.24) is 10.2 Å². The quantitative estimate of drug-likeness (QED) is 0.885. The van der Waals surface area contributed by atoms with Crippen molar-refractivity contribution in [3.05, 3.63) is 29.8 Å². The van der Waals surface area contributed by atoms with Crippen LogP contribution in [0.15, 0.2) is 24.3 Å². The summed E-state index contributed by atoms with van der Waals surface area (Å²) in [6.07, 6.45) is 3.05. The van der Waals surface area contributed by atoms with Gasteiger partial charge in [-0.05, 0) is 61.8 Å². The van der Waals surface area contributed by atoms with Crippen LogP contribution in [-0.2, 0) is 4.79 Å². The third kappa shape index (κ3) is 4.68. The molecule has 0 saturated carbocycles. The summed E-state index contributed by atoms with van der Waals surface area (Å²) in [7, 11) is 0. The highest BCUT2D eigenvalue weighted by Gasteiger charge is 2.38. The van der Waals surface area contributed by atoms with Crippen molar-refractivity contribution >= 4 is 18.3 Å². The molecule has 140 valence electrons. The van der Waals surface area contributed by atoms with Gasteiger partial charge in [-0.15, -0.1) is 12.4 Å². The first-order valence-corrected chi connectivity index (χ1v) is 9.25. The monoisotopic (exact) mass is 366 g/mol. The summed E-state index contributed by atoms with van der Waals surface area (Å²) in [5, 5.41) is 3.47. The van der Waals surface area contributed by atoms with Crippen LogP contribution in [0.3, 0.4) is 0 Å². The van der Waals surface area contributed by atoms with Crippen LogP contribution in [0.5, 0.6) is 5.75 Å². The van der Waals surface area contributed by atoms with Crippen LogP contribution in [0, 0.1) is 5.41 Å². The summed E-state index contributed by atoms with van der Waals surface area (Å²) in [5.74, 6) is 1.36. The molecule has 2 saturated heterocycles. The topological polar surface area (TPSA) is 41.6 Å². The van der Waals surface area contributed by atoms with Gasteiger partial charge in [0.1, 0.15) is 5.75 Å². The molecule has 2 heterocycles. The Bertz CT molecular complexity index is 575. The zero-order chi connectivity index (χ0) is 17.2. The van der Waals surface area contributed by atoms with Crippen LogP contribution in [0.1, 0.15) is 51.5 Å². The smallest absolute Gasteiger partial charge is 0.263 e. The second-order valence-corrected chi connectivity index (χ2v) is 7.74. The van der Waals surface area contributed by atoms with Gasteiger partial charge in [-0.2, -0.15) is 0 Å². The summed E-state index contributed by atoms with van der Waals surface area (Å²) in [6, 6.07) is 8.08. The Morgan fingerprint density at radius 1 is 1.20 bits per heavy atom. The zero-order valence-corrected chi connectivity index (χ0v) is 16.4. The van der Waals surface area contributed by atoms with Gasteiger partial charge < -0.3 is 15.0 Å². The van der Waals surface area contributed by atoms with Crippen molar-refractivity contribution in [2.24, 2.45) is 5.41 Å². The minimum atomic E-state index is -0.428. The second kappa shape index (κ2) is 8.41. The number of nitrogens with zero attached hydrogens (tertiary/aromatic N) is 1. The average molecular weight is 367 g/mol. The van der Waals surface area contributed by atoms with Crippen molar-refractivity contribution in [3.63, 3.8) is 0 Å². The van der Waals surface area contributed by atoms with Gasteiger partial charge in [0.05, 0.1) is 0 Å². The first kappa shape index (κ1) is 20.1. The molecule has 5 heteroatoms. The fourth-order valence-electron chi connectivity index (χ4n) is 3.88. The number of likely N-dealkylation sites (tertiary alicyclic amines) is 1. The molecule has 1 unspecified atom stereocenters. The van der Waals surface area contributed by atoms with Crippen LogP contribution in [-0.4, -0.2) is 43.1 Å². The molecular formula is C20H31ClN2O2. The molecule has 0 aromatic heterocycles. The lowest BCUT2D eigenvalue weighted by atomic mass is 9.78. The van der Waals surface area contributed by atoms with Gasteiger partial charge in [0.25, 0.3) is 5.91 Å². The minimum absolute atomic E-state index is 0. The number of piperidine rings is 1. The number of hydrogen-bond donors (Lipinski definition) is 1. The maximum absolute atomic E-state index is 12.7. The summed E-state index contributed by atoms with van der Waals surface area (Å²) < 4.78 is 5.93. The highest BCUT2D eigenvalue weighted by molar-refractivity contribution is 5.85. The fourth-order valence-corrected chi connectivity index (χ4v) is 3.88. The van der Waals surface area contributed by atoms with E-state index in [9.17, 15) is 4.79 Å².